The smallest absolute Gasteiger partial charge is 0.340 e. The van der Waals surface area contributed by atoms with Crippen LogP contribution in [0, 0.1) is 20.8 Å². The molecule has 7 nitrogen and oxygen atoms in total. The predicted octanol–water partition coefficient (Wildman–Crippen LogP) is 3.95. The molecule has 0 radical (unpaired) electrons. The number of carbonyl (C=O) groups is 2. The molecular formula is C24H21NO6. The molecule has 2 heterocycles. The van der Waals surface area contributed by atoms with E-state index in [4.69, 9.17) is 8.83 Å². The normalized spacial score (nSPS) is 12.2. The third-order valence-electron chi connectivity index (χ3n) is 5.56. The minimum atomic E-state index is -1.21. The topological polar surface area (TPSA) is 110 Å². The molecule has 0 saturated carbocycles. The Morgan fingerprint density at radius 3 is 2.42 bits per heavy atom. The van der Waals surface area contributed by atoms with Crippen LogP contribution in [0.3, 0.4) is 0 Å². The molecule has 4 aromatic rings. The molecule has 2 aromatic carbocycles. The van der Waals surface area contributed by atoms with E-state index in [9.17, 15) is 19.5 Å². The van der Waals surface area contributed by atoms with Crippen molar-refractivity contribution in [1.29, 1.82) is 0 Å². The minimum absolute atomic E-state index is 0.196. The summed E-state index contributed by atoms with van der Waals surface area (Å²) in [4.78, 5) is 37.0. The number of rotatable bonds is 5. The summed E-state index contributed by atoms with van der Waals surface area (Å²) in [5, 5.41) is 13.6. The first kappa shape index (κ1) is 20.4. The van der Waals surface area contributed by atoms with Gasteiger partial charge in [-0.25, -0.2) is 9.59 Å². The van der Waals surface area contributed by atoms with Crippen LogP contribution in [0.25, 0.3) is 21.9 Å². The standard InChI is InChI=1S/C24H21NO6/c1-12-11-30-21-14(3)22-17(9-16(12)21)13(2)18(24(29)31-22)10-19(26)25-20(23(27)28)15-7-5-4-6-8-15/h4-9,11,20H,10H2,1-3H3,(H,25,26)(H,27,28). The first-order valence-electron chi connectivity index (χ1n) is 9.78. The van der Waals surface area contributed by atoms with Crippen LogP contribution in [0.5, 0.6) is 0 Å². The number of aliphatic carboxylic acids is 1. The van der Waals surface area contributed by atoms with Gasteiger partial charge in [-0.3, -0.25) is 4.79 Å². The summed E-state index contributed by atoms with van der Waals surface area (Å²) in [7, 11) is 0. The van der Waals surface area contributed by atoms with Gasteiger partial charge in [-0.1, -0.05) is 30.3 Å². The Labute approximate surface area is 177 Å². The molecular weight excluding hydrogens is 398 g/mol. The second-order valence-electron chi connectivity index (χ2n) is 7.59. The number of hydrogen-bond acceptors (Lipinski definition) is 5. The van der Waals surface area contributed by atoms with Gasteiger partial charge in [-0.2, -0.15) is 0 Å². The fourth-order valence-corrected chi connectivity index (χ4v) is 3.83. The van der Waals surface area contributed by atoms with Crippen molar-refractivity contribution < 1.29 is 23.5 Å². The van der Waals surface area contributed by atoms with Crippen LogP contribution in [-0.2, 0) is 16.0 Å². The van der Waals surface area contributed by atoms with Crippen molar-refractivity contribution >= 4 is 33.8 Å². The van der Waals surface area contributed by atoms with E-state index in [1.807, 2.05) is 19.9 Å². The Bertz CT molecular complexity index is 1380. The van der Waals surface area contributed by atoms with E-state index in [1.54, 1.807) is 43.5 Å². The number of nitrogens with one attached hydrogen (secondary N) is 1. The third-order valence-corrected chi connectivity index (χ3v) is 5.56. The summed E-state index contributed by atoms with van der Waals surface area (Å²) in [6.07, 6.45) is 1.36. The quantitative estimate of drug-likeness (QED) is 0.474. The maximum Gasteiger partial charge on any atom is 0.340 e. The van der Waals surface area contributed by atoms with Gasteiger partial charge in [0.1, 0.15) is 11.2 Å². The molecule has 7 heteroatoms. The van der Waals surface area contributed by atoms with Gasteiger partial charge in [0.05, 0.1) is 18.2 Å². The second-order valence-corrected chi connectivity index (χ2v) is 7.59. The summed E-state index contributed by atoms with van der Waals surface area (Å²) in [6, 6.07) is 9.07. The van der Waals surface area contributed by atoms with Gasteiger partial charge in [0.25, 0.3) is 0 Å². The number of fused-ring (bicyclic) bond motifs is 2. The average molecular weight is 419 g/mol. The zero-order chi connectivity index (χ0) is 22.3. The highest BCUT2D eigenvalue weighted by Crippen LogP contribution is 2.32. The van der Waals surface area contributed by atoms with E-state index < -0.39 is 23.5 Å². The zero-order valence-corrected chi connectivity index (χ0v) is 17.3. The Morgan fingerprint density at radius 2 is 1.74 bits per heavy atom. The number of carboxylic acid groups (broad SMARTS) is 1. The summed E-state index contributed by atoms with van der Waals surface area (Å²) in [5.41, 5.74) is 3.38. The zero-order valence-electron chi connectivity index (χ0n) is 17.3. The summed E-state index contributed by atoms with van der Waals surface area (Å²) < 4.78 is 11.1. The molecule has 4 rings (SSSR count). The SMILES string of the molecule is Cc1coc2c(C)c3oc(=O)c(CC(=O)NC(C(=O)O)c4ccccc4)c(C)c3cc12. The lowest BCUT2D eigenvalue weighted by Crippen LogP contribution is -2.35. The number of aryl methyl sites for hydroxylation is 3. The van der Waals surface area contributed by atoms with Gasteiger partial charge in [-0.05, 0) is 43.5 Å². The van der Waals surface area contributed by atoms with Crippen molar-refractivity contribution in [3.8, 4) is 0 Å². The number of hydrogen-bond donors (Lipinski definition) is 2. The highest BCUT2D eigenvalue weighted by Gasteiger charge is 2.24. The molecule has 158 valence electrons. The van der Waals surface area contributed by atoms with Crippen molar-refractivity contribution in [2.75, 3.05) is 0 Å². The number of carboxylic acids is 1. The van der Waals surface area contributed by atoms with Gasteiger partial charge < -0.3 is 19.3 Å². The van der Waals surface area contributed by atoms with E-state index in [1.165, 1.54) is 0 Å². The van der Waals surface area contributed by atoms with Crippen molar-refractivity contribution in [2.24, 2.45) is 0 Å². The molecule has 0 aliphatic heterocycles. The van der Waals surface area contributed by atoms with E-state index in [0.29, 0.717) is 27.9 Å². The second kappa shape index (κ2) is 7.75. The third kappa shape index (κ3) is 3.59. The van der Waals surface area contributed by atoms with Gasteiger partial charge in [0, 0.05) is 16.3 Å². The Morgan fingerprint density at radius 1 is 1.03 bits per heavy atom. The monoisotopic (exact) mass is 419 g/mol. The molecule has 2 aromatic heterocycles. The van der Waals surface area contributed by atoms with Gasteiger partial charge in [0.2, 0.25) is 5.91 Å². The van der Waals surface area contributed by atoms with E-state index in [2.05, 4.69) is 5.32 Å². The Kier molecular flexibility index (Phi) is 5.10. The van der Waals surface area contributed by atoms with Gasteiger partial charge in [-0.15, -0.1) is 0 Å². The van der Waals surface area contributed by atoms with Crippen molar-refractivity contribution in [3.05, 3.63) is 80.9 Å². The number of benzene rings is 2. The molecule has 1 atom stereocenters. The lowest BCUT2D eigenvalue weighted by atomic mass is 9.99. The fourth-order valence-electron chi connectivity index (χ4n) is 3.83. The summed E-state index contributed by atoms with van der Waals surface area (Å²) >= 11 is 0. The van der Waals surface area contributed by atoms with E-state index in [0.717, 1.165) is 16.3 Å². The molecule has 0 fully saturated rings. The molecule has 31 heavy (non-hydrogen) atoms. The van der Waals surface area contributed by atoms with Gasteiger partial charge in [0.15, 0.2) is 6.04 Å². The molecule has 0 aliphatic carbocycles. The Balaban J connectivity index is 1.72. The molecule has 1 unspecified atom stereocenters. The van der Waals surface area contributed by atoms with Crippen LogP contribution < -0.4 is 10.9 Å². The fraction of sp³-hybridized carbons (Fsp3) is 0.208. The highest BCUT2D eigenvalue weighted by atomic mass is 16.4. The van der Waals surface area contributed by atoms with Crippen LogP contribution in [0.4, 0.5) is 0 Å². The maximum atomic E-state index is 12.7. The molecule has 0 spiro atoms. The van der Waals surface area contributed by atoms with Crippen LogP contribution in [0.2, 0.25) is 0 Å². The minimum Gasteiger partial charge on any atom is -0.479 e. The van der Waals surface area contributed by atoms with Crippen LogP contribution in [0.1, 0.15) is 33.9 Å². The van der Waals surface area contributed by atoms with E-state index in [-0.39, 0.29) is 12.0 Å². The van der Waals surface area contributed by atoms with Crippen LogP contribution >= 0.6 is 0 Å². The number of amides is 1. The molecule has 1 amide bonds. The lowest BCUT2D eigenvalue weighted by Gasteiger charge is -2.15. The average Bonchev–Trinajstić information content (AvgIpc) is 3.12. The van der Waals surface area contributed by atoms with Crippen molar-refractivity contribution in [1.82, 2.24) is 5.32 Å². The summed E-state index contributed by atoms with van der Waals surface area (Å²) in [5.74, 6) is -1.77. The van der Waals surface area contributed by atoms with Crippen LogP contribution in [-0.4, -0.2) is 17.0 Å². The number of furan rings is 1. The first-order valence-corrected chi connectivity index (χ1v) is 9.78. The largest absolute Gasteiger partial charge is 0.479 e. The summed E-state index contributed by atoms with van der Waals surface area (Å²) in [6.45, 7) is 5.50. The lowest BCUT2D eigenvalue weighted by molar-refractivity contribution is -0.142. The Hall–Kier alpha value is -3.87. The van der Waals surface area contributed by atoms with E-state index >= 15 is 0 Å². The van der Waals surface area contributed by atoms with Crippen molar-refractivity contribution in [3.63, 3.8) is 0 Å². The molecule has 0 aliphatic rings. The van der Waals surface area contributed by atoms with Gasteiger partial charge >= 0.3 is 11.6 Å². The molecule has 2 N–H and O–H groups in total. The van der Waals surface area contributed by atoms with Crippen LogP contribution in [0.15, 0.2) is 56.3 Å². The molecule has 0 bridgehead atoms. The van der Waals surface area contributed by atoms with Crippen molar-refractivity contribution in [2.45, 2.75) is 33.2 Å². The first-order chi connectivity index (χ1) is 14.8. The maximum absolute atomic E-state index is 12.7. The highest BCUT2D eigenvalue weighted by molar-refractivity contribution is 6.00. The number of carbonyl (C=O) groups excluding carboxylic acids is 1. The predicted molar refractivity (Wildman–Crippen MR) is 115 cm³/mol. The molecule has 0 saturated heterocycles.